The van der Waals surface area contributed by atoms with Crippen LogP contribution in [0.2, 0.25) is 0 Å². The maximum absolute atomic E-state index is 12.5. The number of amides is 1. The molecule has 0 radical (unpaired) electrons. The zero-order valence-corrected chi connectivity index (χ0v) is 16.2. The molecule has 1 heterocycles. The Hall–Kier alpha value is -2.34. The average molecular weight is 382 g/mol. The average Bonchev–Trinajstić information content (AvgIpc) is 3.21. The molecule has 1 aliphatic rings. The van der Waals surface area contributed by atoms with E-state index in [0.717, 1.165) is 23.8 Å². The van der Waals surface area contributed by atoms with Crippen molar-refractivity contribution in [2.75, 3.05) is 12.8 Å². The summed E-state index contributed by atoms with van der Waals surface area (Å²) in [5.41, 5.74) is 0.888. The lowest BCUT2D eigenvalue weighted by atomic mass is 9.94. The Labute approximate surface area is 163 Å². The minimum atomic E-state index is 0.123. The molecule has 6 heteroatoms. The van der Waals surface area contributed by atoms with Crippen molar-refractivity contribution >= 4 is 28.4 Å². The summed E-state index contributed by atoms with van der Waals surface area (Å²) >= 11 is 1.31. The van der Waals surface area contributed by atoms with Crippen LogP contribution in [0, 0.1) is 0 Å². The maximum Gasteiger partial charge on any atom is 0.277 e. The molecule has 1 aromatic heterocycles. The van der Waals surface area contributed by atoms with Crippen LogP contribution in [-0.4, -0.2) is 39.8 Å². The fraction of sp³-hybridized carbons (Fsp3) is 0.381. The molecule has 0 aliphatic heterocycles. The summed E-state index contributed by atoms with van der Waals surface area (Å²) in [5, 5.41) is 11.0. The van der Waals surface area contributed by atoms with Crippen LogP contribution in [0.3, 0.4) is 0 Å². The van der Waals surface area contributed by atoms with E-state index in [1.165, 1.54) is 36.4 Å². The van der Waals surface area contributed by atoms with Crippen LogP contribution < -0.4 is 0 Å². The van der Waals surface area contributed by atoms with Crippen molar-refractivity contribution in [1.29, 1.82) is 0 Å². The van der Waals surface area contributed by atoms with Crippen molar-refractivity contribution in [3.63, 3.8) is 0 Å². The van der Waals surface area contributed by atoms with Gasteiger partial charge in [-0.15, -0.1) is 10.2 Å². The normalized spacial score (nSPS) is 15.1. The minimum absolute atomic E-state index is 0.123. The number of aromatic nitrogens is 2. The monoisotopic (exact) mass is 381 g/mol. The number of fused-ring (bicyclic) bond motifs is 1. The molecule has 4 rings (SSSR count). The highest BCUT2D eigenvalue weighted by atomic mass is 32.2. The molecule has 0 spiro atoms. The number of carbonyl (C=O) groups is 1. The summed E-state index contributed by atoms with van der Waals surface area (Å²) in [6.07, 6.45) is 5.94. The number of hydrogen-bond acceptors (Lipinski definition) is 5. The van der Waals surface area contributed by atoms with Gasteiger partial charge >= 0.3 is 0 Å². The van der Waals surface area contributed by atoms with Crippen LogP contribution in [-0.2, 0) is 4.79 Å². The fourth-order valence-corrected chi connectivity index (χ4v) is 4.29. The standard InChI is InChI=1S/C21H23N3O2S/c1-24(18-9-3-2-4-10-18)19(25)14-27-21-23-22-20(26-21)17-12-11-15-7-5-6-8-16(15)13-17/h5-8,11-13,18H,2-4,9-10,14H2,1H3. The second kappa shape index (κ2) is 8.13. The predicted octanol–water partition coefficient (Wildman–Crippen LogP) is 4.77. The highest BCUT2D eigenvalue weighted by molar-refractivity contribution is 7.99. The third-order valence-corrected chi connectivity index (χ3v) is 6.04. The van der Waals surface area contributed by atoms with Crippen LogP contribution in [0.25, 0.3) is 22.2 Å². The number of benzene rings is 2. The lowest BCUT2D eigenvalue weighted by Gasteiger charge is -2.31. The van der Waals surface area contributed by atoms with E-state index in [4.69, 9.17) is 4.42 Å². The van der Waals surface area contributed by atoms with Crippen LogP contribution >= 0.6 is 11.8 Å². The van der Waals surface area contributed by atoms with E-state index in [1.54, 1.807) is 0 Å². The first kappa shape index (κ1) is 18.0. The van der Waals surface area contributed by atoms with Gasteiger partial charge < -0.3 is 9.32 Å². The summed E-state index contributed by atoms with van der Waals surface area (Å²) in [6.45, 7) is 0. The Morgan fingerprint density at radius 1 is 1.11 bits per heavy atom. The molecule has 5 nitrogen and oxygen atoms in total. The van der Waals surface area contributed by atoms with Crippen molar-refractivity contribution in [3.8, 4) is 11.5 Å². The Morgan fingerprint density at radius 3 is 2.70 bits per heavy atom. The molecule has 27 heavy (non-hydrogen) atoms. The SMILES string of the molecule is CN(C(=O)CSc1nnc(-c2ccc3ccccc3c2)o1)C1CCCCC1. The number of carbonyl (C=O) groups excluding carboxylic acids is 1. The van der Waals surface area contributed by atoms with Crippen LogP contribution in [0.5, 0.6) is 0 Å². The Morgan fingerprint density at radius 2 is 1.89 bits per heavy atom. The minimum Gasteiger partial charge on any atom is -0.411 e. The predicted molar refractivity (Wildman–Crippen MR) is 108 cm³/mol. The topological polar surface area (TPSA) is 59.2 Å². The first-order chi connectivity index (χ1) is 13.2. The van der Waals surface area contributed by atoms with Gasteiger partial charge in [0, 0.05) is 18.7 Å². The summed E-state index contributed by atoms with van der Waals surface area (Å²) in [7, 11) is 1.91. The van der Waals surface area contributed by atoms with E-state index in [-0.39, 0.29) is 5.91 Å². The smallest absolute Gasteiger partial charge is 0.277 e. The van der Waals surface area contributed by atoms with Gasteiger partial charge in [-0.2, -0.15) is 0 Å². The molecule has 1 saturated carbocycles. The van der Waals surface area contributed by atoms with Gasteiger partial charge in [0.2, 0.25) is 11.8 Å². The lowest BCUT2D eigenvalue weighted by Crippen LogP contribution is -2.39. The summed E-state index contributed by atoms with van der Waals surface area (Å²) in [4.78, 5) is 14.3. The fourth-order valence-electron chi connectivity index (χ4n) is 3.60. The lowest BCUT2D eigenvalue weighted by molar-refractivity contribution is -0.129. The van der Waals surface area contributed by atoms with Crippen molar-refractivity contribution in [1.82, 2.24) is 15.1 Å². The molecule has 2 aromatic carbocycles. The Balaban J connectivity index is 1.39. The number of hydrogen-bond donors (Lipinski definition) is 0. The van der Waals surface area contributed by atoms with E-state index in [1.807, 2.05) is 42.3 Å². The largest absolute Gasteiger partial charge is 0.411 e. The van der Waals surface area contributed by atoms with Crippen molar-refractivity contribution in [2.24, 2.45) is 0 Å². The summed E-state index contributed by atoms with van der Waals surface area (Å²) in [6, 6.07) is 14.6. The van der Waals surface area contributed by atoms with E-state index >= 15 is 0 Å². The number of rotatable bonds is 5. The van der Waals surface area contributed by atoms with Crippen molar-refractivity contribution in [2.45, 2.75) is 43.4 Å². The molecular formula is C21H23N3O2S. The first-order valence-corrected chi connectivity index (χ1v) is 10.4. The highest BCUT2D eigenvalue weighted by Crippen LogP contribution is 2.27. The Bertz CT molecular complexity index is 934. The van der Waals surface area contributed by atoms with E-state index in [0.29, 0.717) is 22.9 Å². The third kappa shape index (κ3) is 4.16. The van der Waals surface area contributed by atoms with Gasteiger partial charge in [-0.1, -0.05) is 61.4 Å². The zero-order chi connectivity index (χ0) is 18.6. The van der Waals surface area contributed by atoms with E-state index in [2.05, 4.69) is 22.3 Å². The molecule has 1 fully saturated rings. The second-order valence-electron chi connectivity index (χ2n) is 7.02. The van der Waals surface area contributed by atoms with Gasteiger partial charge in [-0.3, -0.25) is 4.79 Å². The Kier molecular flexibility index (Phi) is 5.43. The van der Waals surface area contributed by atoms with Gasteiger partial charge in [0.15, 0.2) is 0 Å². The van der Waals surface area contributed by atoms with E-state index < -0.39 is 0 Å². The molecule has 0 unspecified atom stereocenters. The maximum atomic E-state index is 12.5. The first-order valence-electron chi connectivity index (χ1n) is 9.42. The van der Waals surface area contributed by atoms with Crippen LogP contribution in [0.15, 0.2) is 52.1 Å². The molecule has 0 bridgehead atoms. The van der Waals surface area contributed by atoms with Crippen LogP contribution in [0.4, 0.5) is 0 Å². The molecule has 1 amide bonds. The van der Waals surface area contributed by atoms with Gasteiger partial charge in [-0.25, -0.2) is 0 Å². The molecule has 0 saturated heterocycles. The highest BCUT2D eigenvalue weighted by Gasteiger charge is 2.22. The third-order valence-electron chi connectivity index (χ3n) is 5.24. The second-order valence-corrected chi connectivity index (χ2v) is 7.95. The van der Waals surface area contributed by atoms with Gasteiger partial charge in [0.05, 0.1) is 5.75 Å². The van der Waals surface area contributed by atoms with Gasteiger partial charge in [0.25, 0.3) is 5.22 Å². The number of nitrogens with zero attached hydrogens (tertiary/aromatic N) is 3. The molecule has 1 aliphatic carbocycles. The van der Waals surface area contributed by atoms with Crippen molar-refractivity contribution in [3.05, 3.63) is 42.5 Å². The number of thioether (sulfide) groups is 1. The van der Waals surface area contributed by atoms with Gasteiger partial charge in [0.1, 0.15) is 0 Å². The van der Waals surface area contributed by atoms with Gasteiger partial charge in [-0.05, 0) is 35.7 Å². The molecule has 3 aromatic rings. The van der Waals surface area contributed by atoms with Crippen LogP contribution in [0.1, 0.15) is 32.1 Å². The summed E-state index contributed by atoms with van der Waals surface area (Å²) < 4.78 is 5.76. The summed E-state index contributed by atoms with van der Waals surface area (Å²) in [5.74, 6) is 0.931. The van der Waals surface area contributed by atoms with E-state index in [9.17, 15) is 4.79 Å². The van der Waals surface area contributed by atoms with Crippen molar-refractivity contribution < 1.29 is 9.21 Å². The quantitative estimate of drug-likeness (QED) is 0.596. The molecule has 0 N–H and O–H groups in total. The zero-order valence-electron chi connectivity index (χ0n) is 15.4. The molecule has 140 valence electrons. The molecule has 0 atom stereocenters. The molecular weight excluding hydrogens is 358 g/mol.